The number of nitrogens with zero attached hydrogens (tertiary/aromatic N) is 2. The van der Waals surface area contributed by atoms with Crippen LogP contribution in [0.1, 0.15) is 80.1 Å². The van der Waals surface area contributed by atoms with Gasteiger partial charge in [0.25, 0.3) is 0 Å². The highest BCUT2D eigenvalue weighted by atomic mass is 16.5. The van der Waals surface area contributed by atoms with Crippen molar-refractivity contribution >= 4 is 0 Å². The Morgan fingerprint density at radius 1 is 0.815 bits per heavy atom. The van der Waals surface area contributed by atoms with E-state index in [1.807, 2.05) is 0 Å². The molecule has 0 spiro atoms. The highest BCUT2D eigenvalue weighted by Crippen LogP contribution is 2.29. The van der Waals surface area contributed by atoms with Crippen LogP contribution in [0, 0.1) is 5.92 Å². The summed E-state index contributed by atoms with van der Waals surface area (Å²) in [4.78, 5) is 5.40. The average Bonchev–Trinajstić information content (AvgIpc) is 2.53. The van der Waals surface area contributed by atoms with Crippen LogP contribution in [-0.4, -0.2) is 71.9 Å². The number of hydrogen-bond acceptors (Lipinski definition) is 4. The lowest BCUT2D eigenvalue weighted by atomic mass is 9.87. The minimum atomic E-state index is 0.00398. The van der Waals surface area contributed by atoms with Crippen LogP contribution in [0.2, 0.25) is 0 Å². The van der Waals surface area contributed by atoms with Gasteiger partial charge < -0.3 is 15.0 Å². The summed E-state index contributed by atoms with van der Waals surface area (Å²) in [6.45, 7) is 20.0. The third-order valence-electron chi connectivity index (χ3n) is 6.75. The van der Waals surface area contributed by atoms with Crippen LogP contribution in [0.5, 0.6) is 0 Å². The van der Waals surface area contributed by atoms with E-state index in [4.69, 9.17) is 4.74 Å². The first-order valence-electron chi connectivity index (χ1n) is 11.5. The van der Waals surface area contributed by atoms with Gasteiger partial charge in [-0.1, -0.05) is 0 Å². The molecule has 2 saturated heterocycles. The molecule has 0 aromatic heterocycles. The fraction of sp³-hybridized carbons (Fsp3) is 1.00. The summed E-state index contributed by atoms with van der Waals surface area (Å²) in [6.07, 6.45) is 8.28. The van der Waals surface area contributed by atoms with Crippen molar-refractivity contribution in [3.8, 4) is 0 Å². The van der Waals surface area contributed by atoms with Crippen LogP contribution >= 0.6 is 0 Å². The Morgan fingerprint density at radius 3 is 1.93 bits per heavy atom. The Hall–Kier alpha value is -0.160. The first-order chi connectivity index (χ1) is 12.6. The van der Waals surface area contributed by atoms with E-state index in [9.17, 15) is 0 Å². The fourth-order valence-electron chi connectivity index (χ4n) is 5.06. The van der Waals surface area contributed by atoms with Crippen molar-refractivity contribution < 1.29 is 4.74 Å². The van der Waals surface area contributed by atoms with Gasteiger partial charge >= 0.3 is 0 Å². The van der Waals surface area contributed by atoms with Crippen molar-refractivity contribution in [3.63, 3.8) is 0 Å². The fourth-order valence-corrected chi connectivity index (χ4v) is 5.06. The van der Waals surface area contributed by atoms with Crippen molar-refractivity contribution in [2.75, 3.05) is 32.7 Å². The highest BCUT2D eigenvalue weighted by Gasteiger charge is 2.35. The van der Waals surface area contributed by atoms with Gasteiger partial charge in [-0.15, -0.1) is 0 Å². The Kier molecular flexibility index (Phi) is 6.93. The molecule has 4 heteroatoms. The Morgan fingerprint density at radius 2 is 1.41 bits per heavy atom. The van der Waals surface area contributed by atoms with E-state index >= 15 is 0 Å². The van der Waals surface area contributed by atoms with Gasteiger partial charge in [0.1, 0.15) is 0 Å². The SMILES string of the molecule is CC(C)(C)OC1CC(NC2CCN(CC3CCN(C(C)(C)C)CC3)CC2)C1. The monoisotopic (exact) mass is 379 g/mol. The summed E-state index contributed by atoms with van der Waals surface area (Å²) in [5.41, 5.74) is 0.345. The molecule has 27 heavy (non-hydrogen) atoms. The summed E-state index contributed by atoms with van der Waals surface area (Å²) >= 11 is 0. The third-order valence-corrected chi connectivity index (χ3v) is 6.75. The van der Waals surface area contributed by atoms with Crippen molar-refractivity contribution in [3.05, 3.63) is 0 Å². The second-order valence-electron chi connectivity index (χ2n) is 11.4. The smallest absolute Gasteiger partial charge is 0.0612 e. The lowest BCUT2D eigenvalue weighted by Crippen LogP contribution is -2.54. The van der Waals surface area contributed by atoms with E-state index in [0.717, 1.165) is 12.0 Å². The molecule has 1 saturated carbocycles. The maximum Gasteiger partial charge on any atom is 0.0612 e. The van der Waals surface area contributed by atoms with Gasteiger partial charge in [0.2, 0.25) is 0 Å². The number of piperidine rings is 2. The van der Waals surface area contributed by atoms with Crippen LogP contribution in [-0.2, 0) is 4.74 Å². The maximum atomic E-state index is 6.07. The topological polar surface area (TPSA) is 27.7 Å². The molecule has 0 radical (unpaired) electrons. The molecule has 1 N–H and O–H groups in total. The van der Waals surface area contributed by atoms with Crippen LogP contribution in [0.25, 0.3) is 0 Å². The van der Waals surface area contributed by atoms with E-state index in [2.05, 4.69) is 56.7 Å². The van der Waals surface area contributed by atoms with Gasteiger partial charge in [-0.3, -0.25) is 4.90 Å². The largest absolute Gasteiger partial charge is 0.373 e. The van der Waals surface area contributed by atoms with E-state index in [1.54, 1.807) is 0 Å². The highest BCUT2D eigenvalue weighted by molar-refractivity contribution is 4.91. The van der Waals surface area contributed by atoms with E-state index in [0.29, 0.717) is 17.7 Å². The molecule has 0 atom stereocenters. The Bertz CT molecular complexity index is 445. The van der Waals surface area contributed by atoms with Crippen LogP contribution in [0.15, 0.2) is 0 Å². The molecule has 0 amide bonds. The quantitative estimate of drug-likeness (QED) is 0.784. The predicted octanol–water partition coefficient (Wildman–Crippen LogP) is 3.90. The molecule has 3 aliphatic rings. The second kappa shape index (κ2) is 8.69. The minimum absolute atomic E-state index is 0.00398. The molecule has 0 aromatic carbocycles. The number of rotatable bonds is 5. The molecule has 2 heterocycles. The summed E-state index contributed by atoms with van der Waals surface area (Å²) in [5, 5.41) is 3.90. The van der Waals surface area contributed by atoms with Crippen molar-refractivity contribution in [1.82, 2.24) is 15.1 Å². The lowest BCUT2D eigenvalue weighted by Gasteiger charge is -2.44. The normalized spacial score (nSPS) is 30.4. The molecular formula is C23H45N3O. The van der Waals surface area contributed by atoms with Gasteiger partial charge in [-0.25, -0.2) is 0 Å². The lowest BCUT2D eigenvalue weighted by molar-refractivity contribution is -0.104. The molecule has 0 bridgehead atoms. The molecule has 4 nitrogen and oxygen atoms in total. The van der Waals surface area contributed by atoms with Crippen molar-refractivity contribution in [2.45, 2.75) is 109 Å². The summed E-state index contributed by atoms with van der Waals surface area (Å²) < 4.78 is 6.07. The van der Waals surface area contributed by atoms with Gasteiger partial charge in [0.05, 0.1) is 11.7 Å². The number of hydrogen-bond donors (Lipinski definition) is 1. The minimum Gasteiger partial charge on any atom is -0.373 e. The molecule has 3 fully saturated rings. The van der Waals surface area contributed by atoms with Gasteiger partial charge in [0, 0.05) is 24.2 Å². The van der Waals surface area contributed by atoms with Crippen LogP contribution in [0.3, 0.4) is 0 Å². The molecule has 2 aliphatic heterocycles. The number of nitrogens with one attached hydrogen (secondary N) is 1. The zero-order valence-electron chi connectivity index (χ0n) is 18.9. The Balaban J connectivity index is 1.28. The maximum absolute atomic E-state index is 6.07. The van der Waals surface area contributed by atoms with E-state index in [-0.39, 0.29) is 5.60 Å². The van der Waals surface area contributed by atoms with E-state index in [1.165, 1.54) is 71.2 Å². The van der Waals surface area contributed by atoms with E-state index < -0.39 is 0 Å². The van der Waals surface area contributed by atoms with Gasteiger partial charge in [-0.2, -0.15) is 0 Å². The van der Waals surface area contributed by atoms with Crippen LogP contribution < -0.4 is 5.32 Å². The number of likely N-dealkylation sites (tertiary alicyclic amines) is 2. The predicted molar refractivity (Wildman–Crippen MR) is 114 cm³/mol. The molecule has 0 aromatic rings. The average molecular weight is 380 g/mol. The summed E-state index contributed by atoms with van der Waals surface area (Å²) in [7, 11) is 0. The summed E-state index contributed by atoms with van der Waals surface area (Å²) in [6, 6.07) is 1.42. The number of ether oxygens (including phenoxy) is 1. The first kappa shape index (κ1) is 21.5. The Labute approximate surface area is 168 Å². The second-order valence-corrected chi connectivity index (χ2v) is 11.4. The standard InChI is InChI=1S/C23H45N3O/c1-22(2,3)26-13-7-18(8-14-26)17-25-11-9-19(10-12-25)24-20-15-21(16-20)27-23(4,5)6/h18-21,24H,7-17H2,1-6H3. The zero-order chi connectivity index (χ0) is 19.7. The molecule has 1 aliphatic carbocycles. The molecule has 158 valence electrons. The molecular weight excluding hydrogens is 334 g/mol. The van der Waals surface area contributed by atoms with Gasteiger partial charge in [-0.05, 0) is 112 Å². The van der Waals surface area contributed by atoms with Crippen molar-refractivity contribution in [2.24, 2.45) is 5.92 Å². The molecule has 0 unspecified atom stereocenters. The van der Waals surface area contributed by atoms with Crippen molar-refractivity contribution in [1.29, 1.82) is 0 Å². The zero-order valence-corrected chi connectivity index (χ0v) is 18.9. The molecule has 3 rings (SSSR count). The summed E-state index contributed by atoms with van der Waals surface area (Å²) in [5.74, 6) is 0.912. The van der Waals surface area contributed by atoms with Gasteiger partial charge in [0.15, 0.2) is 0 Å². The first-order valence-corrected chi connectivity index (χ1v) is 11.5. The third kappa shape index (κ3) is 6.69. The van der Waals surface area contributed by atoms with Crippen LogP contribution in [0.4, 0.5) is 0 Å².